The molecule has 160 valence electrons. The van der Waals surface area contributed by atoms with Crippen LogP contribution in [-0.4, -0.2) is 56.7 Å². The summed E-state index contributed by atoms with van der Waals surface area (Å²) in [7, 11) is 5.62. The van der Waals surface area contributed by atoms with Crippen LogP contribution in [0.1, 0.15) is 30.1 Å². The molecule has 0 saturated carbocycles. The average Bonchev–Trinajstić information content (AvgIpc) is 3.17. The lowest BCUT2D eigenvalue weighted by molar-refractivity contribution is 0.0985. The molecular formula is C23H29N3O3S. The molecule has 0 fully saturated rings. The summed E-state index contributed by atoms with van der Waals surface area (Å²) in [5, 5.41) is 0.688. The van der Waals surface area contributed by atoms with Gasteiger partial charge in [0, 0.05) is 24.7 Å². The maximum atomic E-state index is 13.3. The third-order valence-corrected chi connectivity index (χ3v) is 5.76. The molecule has 6 nitrogen and oxygen atoms in total. The van der Waals surface area contributed by atoms with E-state index in [0.29, 0.717) is 23.8 Å². The van der Waals surface area contributed by atoms with E-state index in [-0.39, 0.29) is 5.91 Å². The second-order valence-electron chi connectivity index (χ2n) is 7.32. The van der Waals surface area contributed by atoms with Crippen LogP contribution in [0.25, 0.3) is 10.2 Å². The number of amides is 1. The van der Waals surface area contributed by atoms with Crippen LogP contribution in [0.2, 0.25) is 0 Å². The fourth-order valence-corrected chi connectivity index (χ4v) is 3.88. The van der Waals surface area contributed by atoms with Crippen LogP contribution < -0.4 is 14.4 Å². The number of aromatic nitrogens is 1. The van der Waals surface area contributed by atoms with Crippen molar-refractivity contribution < 1.29 is 14.3 Å². The third-order valence-electron chi connectivity index (χ3n) is 4.70. The van der Waals surface area contributed by atoms with E-state index < -0.39 is 0 Å². The molecule has 3 rings (SSSR count). The highest BCUT2D eigenvalue weighted by Crippen LogP contribution is 2.32. The van der Waals surface area contributed by atoms with Crippen molar-refractivity contribution in [3.8, 4) is 11.5 Å². The summed E-state index contributed by atoms with van der Waals surface area (Å²) in [6.07, 6.45) is 2.10. The number of hydrogen-bond acceptors (Lipinski definition) is 6. The molecule has 1 heterocycles. The van der Waals surface area contributed by atoms with Gasteiger partial charge in [0.15, 0.2) is 5.13 Å². The lowest BCUT2D eigenvalue weighted by Gasteiger charge is -2.22. The van der Waals surface area contributed by atoms with E-state index in [1.165, 1.54) is 11.3 Å². The van der Waals surface area contributed by atoms with Gasteiger partial charge in [-0.2, -0.15) is 0 Å². The first-order chi connectivity index (χ1) is 14.5. The maximum absolute atomic E-state index is 13.3. The standard InChI is InChI=1S/C23H29N3O3S/c1-5-6-15-29-18-9-7-17(8-10-18)22(27)26(14-13-25(2)3)23-24-20-16-19(28-4)11-12-21(20)30-23/h7-12,16H,5-6,13-15H2,1-4H3. The van der Waals surface area contributed by atoms with Crippen LogP contribution in [0, 0.1) is 0 Å². The second-order valence-corrected chi connectivity index (χ2v) is 8.33. The number of carbonyl (C=O) groups excluding carboxylic acids is 1. The van der Waals surface area contributed by atoms with Gasteiger partial charge >= 0.3 is 0 Å². The molecule has 0 aliphatic rings. The lowest BCUT2D eigenvalue weighted by Crippen LogP contribution is -2.36. The van der Waals surface area contributed by atoms with E-state index in [9.17, 15) is 4.79 Å². The van der Waals surface area contributed by atoms with Crippen molar-refractivity contribution in [2.75, 3.05) is 45.8 Å². The Bertz CT molecular complexity index is 969. The molecule has 1 aromatic heterocycles. The third kappa shape index (κ3) is 5.49. The van der Waals surface area contributed by atoms with Gasteiger partial charge in [-0.05, 0) is 56.9 Å². The Morgan fingerprint density at radius 3 is 2.47 bits per heavy atom. The van der Waals surface area contributed by atoms with Gasteiger partial charge in [-0.25, -0.2) is 4.98 Å². The molecular weight excluding hydrogens is 398 g/mol. The number of thiazole rings is 1. The molecule has 0 spiro atoms. The topological polar surface area (TPSA) is 54.9 Å². The Balaban J connectivity index is 1.84. The molecule has 0 aliphatic heterocycles. The van der Waals surface area contributed by atoms with Crippen molar-refractivity contribution in [3.05, 3.63) is 48.0 Å². The molecule has 0 radical (unpaired) electrons. The number of hydrogen-bond donors (Lipinski definition) is 0. The molecule has 0 bridgehead atoms. The quantitative estimate of drug-likeness (QED) is 0.439. The van der Waals surface area contributed by atoms with Crippen molar-refractivity contribution in [3.63, 3.8) is 0 Å². The molecule has 3 aromatic rings. The zero-order chi connectivity index (χ0) is 21.5. The minimum Gasteiger partial charge on any atom is -0.497 e. The molecule has 0 saturated heterocycles. The van der Waals surface area contributed by atoms with E-state index in [4.69, 9.17) is 14.5 Å². The largest absolute Gasteiger partial charge is 0.497 e. The maximum Gasteiger partial charge on any atom is 0.260 e. The van der Waals surface area contributed by atoms with E-state index in [0.717, 1.165) is 41.1 Å². The van der Waals surface area contributed by atoms with E-state index in [2.05, 4.69) is 11.8 Å². The molecule has 2 aromatic carbocycles. The van der Waals surface area contributed by atoms with Gasteiger partial charge in [0.05, 0.1) is 23.9 Å². The first kappa shape index (κ1) is 22.1. The number of anilines is 1. The molecule has 7 heteroatoms. The van der Waals surface area contributed by atoms with Gasteiger partial charge in [0.2, 0.25) is 0 Å². The van der Waals surface area contributed by atoms with Crippen LogP contribution in [-0.2, 0) is 0 Å². The fourth-order valence-electron chi connectivity index (χ4n) is 2.91. The Morgan fingerprint density at radius 1 is 1.07 bits per heavy atom. The SMILES string of the molecule is CCCCOc1ccc(C(=O)N(CCN(C)C)c2nc3cc(OC)ccc3s2)cc1. The number of unbranched alkanes of at least 4 members (excludes halogenated alkanes) is 1. The highest BCUT2D eigenvalue weighted by Gasteiger charge is 2.21. The van der Waals surface area contributed by atoms with Gasteiger partial charge in [-0.1, -0.05) is 24.7 Å². The normalized spacial score (nSPS) is 11.1. The summed E-state index contributed by atoms with van der Waals surface area (Å²) in [6.45, 7) is 4.11. The predicted molar refractivity (Wildman–Crippen MR) is 123 cm³/mol. The minimum absolute atomic E-state index is 0.0667. The molecule has 0 atom stereocenters. The van der Waals surface area contributed by atoms with Gasteiger partial charge in [0.1, 0.15) is 11.5 Å². The molecule has 0 aliphatic carbocycles. The van der Waals surface area contributed by atoms with Crippen LogP contribution in [0.3, 0.4) is 0 Å². The van der Waals surface area contributed by atoms with E-state index in [1.54, 1.807) is 12.0 Å². The zero-order valence-corrected chi connectivity index (χ0v) is 18.9. The van der Waals surface area contributed by atoms with Crippen LogP contribution in [0.5, 0.6) is 11.5 Å². The highest BCUT2D eigenvalue weighted by atomic mass is 32.1. The number of ether oxygens (including phenoxy) is 2. The van der Waals surface area contributed by atoms with Crippen molar-refractivity contribution in [2.45, 2.75) is 19.8 Å². The summed E-state index contributed by atoms with van der Waals surface area (Å²) in [4.78, 5) is 21.9. The Morgan fingerprint density at radius 2 is 1.80 bits per heavy atom. The monoisotopic (exact) mass is 427 g/mol. The molecule has 1 amide bonds. The number of methoxy groups -OCH3 is 1. The minimum atomic E-state index is -0.0667. The smallest absolute Gasteiger partial charge is 0.260 e. The van der Waals surface area contributed by atoms with Crippen LogP contribution in [0.15, 0.2) is 42.5 Å². The summed E-state index contributed by atoms with van der Waals surface area (Å²) >= 11 is 1.51. The first-order valence-electron chi connectivity index (χ1n) is 10.2. The van der Waals surface area contributed by atoms with Crippen LogP contribution in [0.4, 0.5) is 5.13 Å². The van der Waals surface area contributed by atoms with Gasteiger partial charge < -0.3 is 14.4 Å². The number of nitrogens with zero attached hydrogens (tertiary/aromatic N) is 3. The zero-order valence-electron chi connectivity index (χ0n) is 18.1. The number of fused-ring (bicyclic) bond motifs is 1. The molecule has 30 heavy (non-hydrogen) atoms. The predicted octanol–water partition coefficient (Wildman–Crippen LogP) is 4.69. The van der Waals surface area contributed by atoms with E-state index >= 15 is 0 Å². The second kappa shape index (κ2) is 10.4. The van der Waals surface area contributed by atoms with Gasteiger partial charge in [-0.3, -0.25) is 9.69 Å². The Kier molecular flexibility index (Phi) is 7.65. The molecule has 0 N–H and O–H groups in total. The summed E-state index contributed by atoms with van der Waals surface area (Å²) in [6, 6.07) is 13.1. The van der Waals surface area contributed by atoms with Crippen molar-refractivity contribution in [1.82, 2.24) is 9.88 Å². The van der Waals surface area contributed by atoms with Gasteiger partial charge in [-0.15, -0.1) is 0 Å². The lowest BCUT2D eigenvalue weighted by atomic mass is 10.2. The van der Waals surface area contributed by atoms with Crippen molar-refractivity contribution >= 4 is 32.6 Å². The fraction of sp³-hybridized carbons (Fsp3) is 0.391. The van der Waals surface area contributed by atoms with Crippen molar-refractivity contribution in [2.24, 2.45) is 0 Å². The average molecular weight is 428 g/mol. The van der Waals surface area contributed by atoms with Gasteiger partial charge in [0.25, 0.3) is 5.91 Å². The van der Waals surface area contributed by atoms with E-state index in [1.807, 2.05) is 56.6 Å². The summed E-state index contributed by atoms with van der Waals surface area (Å²) in [5.74, 6) is 1.47. The number of carbonyl (C=O) groups is 1. The van der Waals surface area contributed by atoms with Crippen molar-refractivity contribution in [1.29, 1.82) is 0 Å². The molecule has 0 unspecified atom stereocenters. The highest BCUT2D eigenvalue weighted by molar-refractivity contribution is 7.22. The number of benzene rings is 2. The Labute approximate surface area is 182 Å². The Hall–Kier alpha value is -2.64. The number of rotatable bonds is 10. The summed E-state index contributed by atoms with van der Waals surface area (Å²) in [5.41, 5.74) is 1.45. The van der Waals surface area contributed by atoms with Crippen LogP contribution >= 0.6 is 11.3 Å². The first-order valence-corrected chi connectivity index (χ1v) is 11.0. The summed E-state index contributed by atoms with van der Waals surface area (Å²) < 4.78 is 12.0. The number of likely N-dealkylation sites (N-methyl/N-ethyl adjacent to an activating group) is 1.